The van der Waals surface area contributed by atoms with E-state index < -0.39 is 5.91 Å². The van der Waals surface area contributed by atoms with Crippen LogP contribution >= 0.6 is 0 Å². The van der Waals surface area contributed by atoms with Gasteiger partial charge in [-0.15, -0.1) is 0 Å². The summed E-state index contributed by atoms with van der Waals surface area (Å²) >= 11 is 0. The maximum atomic E-state index is 13.9. The number of halogens is 1. The highest BCUT2D eigenvalue weighted by Crippen LogP contribution is 2.28. The van der Waals surface area contributed by atoms with Crippen LogP contribution in [0.25, 0.3) is 0 Å². The van der Waals surface area contributed by atoms with E-state index in [-0.39, 0.29) is 5.82 Å². The summed E-state index contributed by atoms with van der Waals surface area (Å²) < 4.78 is 13.9. The molecule has 0 saturated heterocycles. The van der Waals surface area contributed by atoms with Gasteiger partial charge in [0.15, 0.2) is 0 Å². The first kappa shape index (κ1) is 15.9. The Bertz CT molecular complexity index is 506. The molecule has 1 saturated carbocycles. The second-order valence-electron chi connectivity index (χ2n) is 5.93. The van der Waals surface area contributed by atoms with Gasteiger partial charge in [-0.1, -0.05) is 12.8 Å². The maximum absolute atomic E-state index is 13.9. The molecule has 0 aliphatic heterocycles. The first-order valence-electron chi connectivity index (χ1n) is 7.51. The zero-order valence-corrected chi connectivity index (χ0v) is 12.5. The van der Waals surface area contributed by atoms with E-state index in [4.69, 9.17) is 11.5 Å². The Morgan fingerprint density at radius 1 is 1.38 bits per heavy atom. The van der Waals surface area contributed by atoms with Crippen LogP contribution in [0.4, 0.5) is 4.39 Å². The van der Waals surface area contributed by atoms with Gasteiger partial charge in [-0.05, 0) is 50.6 Å². The lowest BCUT2D eigenvalue weighted by Crippen LogP contribution is -2.42. The van der Waals surface area contributed by atoms with E-state index in [1.54, 1.807) is 6.07 Å². The molecule has 0 bridgehead atoms. The molecule has 1 fully saturated rings. The third kappa shape index (κ3) is 3.80. The summed E-state index contributed by atoms with van der Waals surface area (Å²) in [5.41, 5.74) is 12.0. The van der Waals surface area contributed by atoms with E-state index in [0.717, 1.165) is 12.8 Å². The first-order chi connectivity index (χ1) is 10.0. The first-order valence-corrected chi connectivity index (χ1v) is 7.51. The zero-order chi connectivity index (χ0) is 15.4. The summed E-state index contributed by atoms with van der Waals surface area (Å²) in [7, 11) is 2.00. The van der Waals surface area contributed by atoms with Gasteiger partial charge in [0.2, 0.25) is 5.91 Å². The van der Waals surface area contributed by atoms with Crippen LogP contribution in [-0.2, 0) is 6.54 Å². The largest absolute Gasteiger partial charge is 0.366 e. The molecule has 1 aliphatic rings. The molecular formula is C16H24FN3O. The normalized spacial score (nSPS) is 22.5. The van der Waals surface area contributed by atoms with Crippen LogP contribution in [0, 0.1) is 11.7 Å². The SMILES string of the molecule is CN(Cc1cc(C(N)=O)ccc1F)C1CCCCC1CN. The number of hydrogen-bond donors (Lipinski definition) is 2. The fraction of sp³-hybridized carbons (Fsp3) is 0.562. The average Bonchev–Trinajstić information content (AvgIpc) is 2.49. The van der Waals surface area contributed by atoms with Crippen molar-refractivity contribution in [1.82, 2.24) is 4.90 Å². The predicted molar refractivity (Wildman–Crippen MR) is 81.2 cm³/mol. The Kier molecular flexibility index (Phi) is 5.31. The topological polar surface area (TPSA) is 72.3 Å². The molecule has 4 N–H and O–H groups in total. The quantitative estimate of drug-likeness (QED) is 0.870. The molecule has 1 aliphatic carbocycles. The lowest BCUT2D eigenvalue weighted by molar-refractivity contribution is 0.0999. The molecule has 1 amide bonds. The van der Waals surface area contributed by atoms with Crippen molar-refractivity contribution in [3.63, 3.8) is 0 Å². The van der Waals surface area contributed by atoms with Crippen molar-refractivity contribution < 1.29 is 9.18 Å². The van der Waals surface area contributed by atoms with Crippen molar-refractivity contribution in [1.29, 1.82) is 0 Å². The molecule has 0 radical (unpaired) electrons. The number of amides is 1. The number of rotatable bonds is 5. The van der Waals surface area contributed by atoms with Crippen molar-refractivity contribution in [2.24, 2.45) is 17.4 Å². The van der Waals surface area contributed by atoms with Crippen LogP contribution in [-0.4, -0.2) is 30.4 Å². The Morgan fingerprint density at radius 2 is 2.10 bits per heavy atom. The van der Waals surface area contributed by atoms with Gasteiger partial charge in [0.05, 0.1) is 0 Å². The number of nitrogens with two attached hydrogens (primary N) is 2. The van der Waals surface area contributed by atoms with Crippen molar-refractivity contribution in [2.75, 3.05) is 13.6 Å². The van der Waals surface area contributed by atoms with Crippen molar-refractivity contribution in [2.45, 2.75) is 38.3 Å². The minimum absolute atomic E-state index is 0.299. The van der Waals surface area contributed by atoms with Crippen molar-refractivity contribution >= 4 is 5.91 Å². The van der Waals surface area contributed by atoms with E-state index in [1.807, 2.05) is 7.05 Å². The molecule has 0 spiro atoms. The molecular weight excluding hydrogens is 269 g/mol. The van der Waals surface area contributed by atoms with Gasteiger partial charge in [-0.25, -0.2) is 4.39 Å². The molecule has 0 heterocycles. The van der Waals surface area contributed by atoms with Gasteiger partial charge >= 0.3 is 0 Å². The lowest BCUT2D eigenvalue weighted by Gasteiger charge is -2.37. The maximum Gasteiger partial charge on any atom is 0.248 e. The number of hydrogen-bond acceptors (Lipinski definition) is 3. The van der Waals surface area contributed by atoms with E-state index in [9.17, 15) is 9.18 Å². The van der Waals surface area contributed by atoms with Crippen LogP contribution in [0.3, 0.4) is 0 Å². The fourth-order valence-electron chi connectivity index (χ4n) is 3.28. The fourth-order valence-corrected chi connectivity index (χ4v) is 3.28. The monoisotopic (exact) mass is 293 g/mol. The van der Waals surface area contributed by atoms with Gasteiger partial charge in [0.1, 0.15) is 5.82 Å². The van der Waals surface area contributed by atoms with Crippen LogP contribution in [0.2, 0.25) is 0 Å². The van der Waals surface area contributed by atoms with E-state index >= 15 is 0 Å². The molecule has 2 rings (SSSR count). The molecule has 116 valence electrons. The van der Waals surface area contributed by atoms with Gasteiger partial charge in [0.25, 0.3) is 0 Å². The summed E-state index contributed by atoms with van der Waals surface area (Å²) in [6, 6.07) is 4.66. The smallest absolute Gasteiger partial charge is 0.248 e. The predicted octanol–water partition coefficient (Wildman–Crippen LogP) is 1.87. The highest BCUT2D eigenvalue weighted by molar-refractivity contribution is 5.92. The number of benzene rings is 1. The van der Waals surface area contributed by atoms with Gasteiger partial charge in [-0.3, -0.25) is 9.69 Å². The summed E-state index contributed by atoms with van der Waals surface area (Å²) in [6.45, 7) is 1.13. The molecule has 2 unspecified atom stereocenters. The molecule has 4 nitrogen and oxygen atoms in total. The number of nitrogens with zero attached hydrogens (tertiary/aromatic N) is 1. The lowest BCUT2D eigenvalue weighted by atomic mass is 9.83. The van der Waals surface area contributed by atoms with Gasteiger partial charge < -0.3 is 11.5 Å². The summed E-state index contributed by atoms with van der Waals surface area (Å²) in [4.78, 5) is 13.4. The zero-order valence-electron chi connectivity index (χ0n) is 12.5. The van der Waals surface area contributed by atoms with Crippen LogP contribution in [0.15, 0.2) is 18.2 Å². The Morgan fingerprint density at radius 3 is 2.76 bits per heavy atom. The highest BCUT2D eigenvalue weighted by atomic mass is 19.1. The summed E-state index contributed by atoms with van der Waals surface area (Å²) in [5, 5.41) is 0. The van der Waals surface area contributed by atoms with Crippen LogP contribution in [0.5, 0.6) is 0 Å². The molecule has 21 heavy (non-hydrogen) atoms. The van der Waals surface area contributed by atoms with Gasteiger partial charge in [0, 0.05) is 23.7 Å². The highest BCUT2D eigenvalue weighted by Gasteiger charge is 2.27. The summed E-state index contributed by atoms with van der Waals surface area (Å²) in [5.74, 6) is -0.366. The van der Waals surface area contributed by atoms with Crippen LogP contribution in [0.1, 0.15) is 41.6 Å². The van der Waals surface area contributed by atoms with Crippen molar-refractivity contribution in [3.05, 3.63) is 35.1 Å². The second kappa shape index (κ2) is 7.00. The van der Waals surface area contributed by atoms with Crippen molar-refractivity contribution in [3.8, 4) is 0 Å². The Balaban J connectivity index is 2.12. The molecule has 1 aromatic rings. The summed E-state index contributed by atoms with van der Waals surface area (Å²) in [6.07, 6.45) is 4.64. The molecule has 5 heteroatoms. The minimum Gasteiger partial charge on any atom is -0.366 e. The minimum atomic E-state index is -0.531. The molecule has 2 atom stereocenters. The van der Waals surface area contributed by atoms with E-state index in [0.29, 0.717) is 36.2 Å². The number of carbonyl (C=O) groups excluding carboxylic acids is 1. The number of carbonyl (C=O) groups is 1. The third-order valence-electron chi connectivity index (χ3n) is 4.49. The molecule has 0 aromatic heterocycles. The van der Waals surface area contributed by atoms with E-state index in [2.05, 4.69) is 4.90 Å². The Hall–Kier alpha value is -1.46. The van der Waals surface area contributed by atoms with Crippen LogP contribution < -0.4 is 11.5 Å². The molecule has 1 aromatic carbocycles. The Labute approximate surface area is 125 Å². The third-order valence-corrected chi connectivity index (χ3v) is 4.49. The average molecular weight is 293 g/mol. The van der Waals surface area contributed by atoms with E-state index in [1.165, 1.54) is 25.0 Å². The van der Waals surface area contributed by atoms with Gasteiger partial charge in [-0.2, -0.15) is 0 Å². The second-order valence-corrected chi connectivity index (χ2v) is 5.93. The number of primary amides is 1. The standard InChI is InChI=1S/C16H24FN3O/c1-20(15-5-3-2-4-12(15)9-18)10-13-8-11(16(19)21)6-7-14(13)17/h6-8,12,15H,2-5,9-10,18H2,1H3,(H2,19,21).